The second kappa shape index (κ2) is 11.8. The first-order valence-corrected chi connectivity index (χ1v) is 13.8. The van der Waals surface area contributed by atoms with Crippen LogP contribution < -0.4 is 4.74 Å². The Kier molecular flexibility index (Phi) is 8.88. The van der Waals surface area contributed by atoms with Gasteiger partial charge in [-0.15, -0.1) is 0 Å². The molecule has 0 radical (unpaired) electrons. The van der Waals surface area contributed by atoms with Gasteiger partial charge in [0.15, 0.2) is 11.6 Å². The molecular formula is C30H44F2O. The Balaban J connectivity index is 1.30. The minimum atomic E-state index is -0.826. The number of rotatable bonds is 10. The maximum absolute atomic E-state index is 14.9. The van der Waals surface area contributed by atoms with E-state index in [1.54, 1.807) is 12.1 Å². The summed E-state index contributed by atoms with van der Waals surface area (Å²) >= 11 is 0. The van der Waals surface area contributed by atoms with Gasteiger partial charge in [0.05, 0.1) is 0 Å². The zero-order valence-corrected chi connectivity index (χ0v) is 20.7. The Morgan fingerprint density at radius 1 is 0.909 bits per heavy atom. The molecule has 4 rings (SSSR count). The summed E-state index contributed by atoms with van der Waals surface area (Å²) < 4.78 is 34.8. The monoisotopic (exact) mass is 458 g/mol. The van der Waals surface area contributed by atoms with Gasteiger partial charge in [-0.25, -0.2) is 4.39 Å². The maximum Gasteiger partial charge on any atom is 0.200 e. The summed E-state index contributed by atoms with van der Waals surface area (Å²) in [5, 5.41) is 0. The third-order valence-corrected chi connectivity index (χ3v) is 9.12. The van der Waals surface area contributed by atoms with Gasteiger partial charge in [-0.3, -0.25) is 0 Å². The van der Waals surface area contributed by atoms with E-state index in [2.05, 4.69) is 13.5 Å². The second-order valence-electron chi connectivity index (χ2n) is 11.2. The van der Waals surface area contributed by atoms with E-state index in [0.29, 0.717) is 23.8 Å². The normalized spacial score (nSPS) is 29.2. The van der Waals surface area contributed by atoms with E-state index in [-0.39, 0.29) is 12.4 Å². The molecule has 0 N–H and O–H groups in total. The molecule has 0 bridgehead atoms. The van der Waals surface area contributed by atoms with E-state index in [1.807, 2.05) is 0 Å². The lowest BCUT2D eigenvalue weighted by atomic mass is 9.60. The molecule has 3 aliphatic rings. The standard InChI is InChI=1S/C30H44F2O/c1-3-5-6-7-8-9-21-10-11-23-18-24(13-12-22(23)17-21)25-14-15-26-20-28(33-16-4-2)30(32)29(31)27(26)19-25/h4,20-25H,2-3,5-19H2,1H3. The zero-order chi connectivity index (χ0) is 23.2. The van der Waals surface area contributed by atoms with Crippen molar-refractivity contribution in [2.45, 2.75) is 103 Å². The lowest BCUT2D eigenvalue weighted by Gasteiger charge is -2.45. The zero-order valence-electron chi connectivity index (χ0n) is 20.7. The predicted octanol–water partition coefficient (Wildman–Crippen LogP) is 8.83. The summed E-state index contributed by atoms with van der Waals surface area (Å²) in [6, 6.07) is 1.73. The van der Waals surface area contributed by atoms with Crippen LogP contribution in [0.4, 0.5) is 8.78 Å². The first kappa shape index (κ1) is 24.7. The van der Waals surface area contributed by atoms with E-state index in [9.17, 15) is 8.78 Å². The number of unbranched alkanes of at least 4 members (excludes halogenated alkanes) is 4. The molecule has 3 heteroatoms. The van der Waals surface area contributed by atoms with Crippen molar-refractivity contribution in [2.24, 2.45) is 29.6 Å². The lowest BCUT2D eigenvalue weighted by molar-refractivity contribution is 0.0686. The molecule has 33 heavy (non-hydrogen) atoms. The molecule has 0 aliphatic heterocycles. The SMILES string of the molecule is C=CCOc1cc2c(c(F)c1F)CC(C1CCC3CC(CCCCCCC)CCC3C1)CC2. The minimum absolute atomic E-state index is 0.0345. The predicted molar refractivity (Wildman–Crippen MR) is 133 cm³/mol. The van der Waals surface area contributed by atoms with Crippen LogP contribution in [0.1, 0.15) is 102 Å². The van der Waals surface area contributed by atoms with Gasteiger partial charge in [-0.1, -0.05) is 64.5 Å². The molecule has 3 aliphatic carbocycles. The Hall–Kier alpha value is -1.38. The summed E-state index contributed by atoms with van der Waals surface area (Å²) in [6.07, 6.45) is 20.8. The number of hydrogen-bond acceptors (Lipinski definition) is 1. The van der Waals surface area contributed by atoms with Gasteiger partial charge < -0.3 is 4.74 Å². The molecule has 5 unspecified atom stereocenters. The molecule has 2 fully saturated rings. The molecule has 184 valence electrons. The quantitative estimate of drug-likeness (QED) is 0.251. The highest BCUT2D eigenvalue weighted by molar-refractivity contribution is 5.40. The second-order valence-corrected chi connectivity index (χ2v) is 11.2. The van der Waals surface area contributed by atoms with Crippen LogP contribution >= 0.6 is 0 Å². The molecule has 0 spiro atoms. The van der Waals surface area contributed by atoms with Crippen LogP contribution in [0.5, 0.6) is 5.75 Å². The van der Waals surface area contributed by atoms with Crippen molar-refractivity contribution in [3.8, 4) is 5.75 Å². The molecule has 0 saturated heterocycles. The fourth-order valence-electron chi connectivity index (χ4n) is 7.24. The minimum Gasteiger partial charge on any atom is -0.486 e. The molecule has 1 nitrogen and oxygen atoms in total. The molecule has 0 aromatic heterocycles. The van der Waals surface area contributed by atoms with Gasteiger partial charge in [0.25, 0.3) is 0 Å². The summed E-state index contributed by atoms with van der Waals surface area (Å²) in [5.74, 6) is 2.47. The van der Waals surface area contributed by atoms with Gasteiger partial charge in [0.1, 0.15) is 6.61 Å². The Labute approximate surface area is 200 Å². The van der Waals surface area contributed by atoms with Crippen molar-refractivity contribution >= 4 is 0 Å². The summed E-state index contributed by atoms with van der Waals surface area (Å²) in [5.41, 5.74) is 1.56. The van der Waals surface area contributed by atoms with Crippen molar-refractivity contribution in [2.75, 3.05) is 6.61 Å². The van der Waals surface area contributed by atoms with Crippen LogP contribution in [0.2, 0.25) is 0 Å². The number of ether oxygens (including phenoxy) is 1. The van der Waals surface area contributed by atoms with Crippen molar-refractivity contribution in [1.29, 1.82) is 0 Å². The molecule has 1 aromatic rings. The third kappa shape index (κ3) is 6.01. The molecule has 0 amide bonds. The van der Waals surface area contributed by atoms with E-state index in [4.69, 9.17) is 4.74 Å². The highest BCUT2D eigenvalue weighted by Crippen LogP contribution is 2.49. The van der Waals surface area contributed by atoms with Gasteiger partial charge >= 0.3 is 0 Å². The Morgan fingerprint density at radius 2 is 1.64 bits per heavy atom. The molecule has 0 heterocycles. The van der Waals surface area contributed by atoms with Crippen LogP contribution in [0, 0.1) is 41.2 Å². The van der Waals surface area contributed by atoms with Gasteiger partial charge in [-0.2, -0.15) is 4.39 Å². The van der Waals surface area contributed by atoms with Gasteiger partial charge in [0, 0.05) is 0 Å². The van der Waals surface area contributed by atoms with Crippen LogP contribution in [0.3, 0.4) is 0 Å². The Bertz CT molecular complexity index is 788. The van der Waals surface area contributed by atoms with Crippen LogP contribution in [-0.2, 0) is 12.8 Å². The van der Waals surface area contributed by atoms with E-state index >= 15 is 0 Å². The van der Waals surface area contributed by atoms with Crippen molar-refractivity contribution in [1.82, 2.24) is 0 Å². The number of hydrogen-bond donors (Lipinski definition) is 0. The summed E-state index contributed by atoms with van der Waals surface area (Å²) in [6.45, 7) is 6.07. The van der Waals surface area contributed by atoms with Crippen molar-refractivity contribution in [3.63, 3.8) is 0 Å². The van der Waals surface area contributed by atoms with Gasteiger partial charge in [0.2, 0.25) is 5.82 Å². The van der Waals surface area contributed by atoms with E-state index in [1.165, 1.54) is 77.0 Å². The van der Waals surface area contributed by atoms with E-state index in [0.717, 1.165) is 36.2 Å². The fourth-order valence-corrected chi connectivity index (χ4v) is 7.24. The largest absolute Gasteiger partial charge is 0.486 e. The molecule has 5 atom stereocenters. The number of halogens is 2. The number of benzene rings is 1. The highest BCUT2D eigenvalue weighted by Gasteiger charge is 2.39. The van der Waals surface area contributed by atoms with Gasteiger partial charge in [-0.05, 0) is 98.1 Å². The number of aryl methyl sites for hydroxylation is 1. The van der Waals surface area contributed by atoms with Crippen LogP contribution in [-0.4, -0.2) is 6.61 Å². The van der Waals surface area contributed by atoms with Crippen LogP contribution in [0.25, 0.3) is 0 Å². The average Bonchev–Trinajstić information content (AvgIpc) is 2.84. The Morgan fingerprint density at radius 3 is 2.42 bits per heavy atom. The topological polar surface area (TPSA) is 9.23 Å². The van der Waals surface area contributed by atoms with Crippen molar-refractivity contribution in [3.05, 3.63) is 41.5 Å². The summed E-state index contributed by atoms with van der Waals surface area (Å²) in [7, 11) is 0. The highest BCUT2D eigenvalue weighted by atomic mass is 19.2. The maximum atomic E-state index is 14.9. The first-order valence-electron chi connectivity index (χ1n) is 13.8. The fraction of sp³-hybridized carbons (Fsp3) is 0.733. The average molecular weight is 459 g/mol. The number of fused-ring (bicyclic) bond motifs is 2. The molecule has 2 saturated carbocycles. The van der Waals surface area contributed by atoms with E-state index < -0.39 is 11.6 Å². The molecule has 1 aromatic carbocycles. The van der Waals surface area contributed by atoms with Crippen molar-refractivity contribution < 1.29 is 13.5 Å². The molecular weight excluding hydrogens is 414 g/mol. The lowest BCUT2D eigenvalue weighted by Crippen LogP contribution is -2.35. The first-order chi connectivity index (χ1) is 16.1. The third-order valence-electron chi connectivity index (χ3n) is 9.12. The van der Waals surface area contributed by atoms with Crippen LogP contribution in [0.15, 0.2) is 18.7 Å². The smallest absolute Gasteiger partial charge is 0.200 e. The summed E-state index contributed by atoms with van der Waals surface area (Å²) in [4.78, 5) is 0.